The monoisotopic (exact) mass is 134 g/mol. The smallest absolute Gasteiger partial charge is 0.0649 e. The molecule has 0 saturated carbocycles. The molecule has 0 aliphatic rings. The zero-order valence-corrected chi connectivity index (χ0v) is 4.80. The molecule has 0 rings (SSSR count). The second kappa shape index (κ2) is 15.7. The first-order valence-corrected chi connectivity index (χ1v) is 2.21. The van der Waals surface area contributed by atoms with Crippen LogP contribution in [0.1, 0.15) is 7.43 Å². The zero-order valence-electron chi connectivity index (χ0n) is 4.80. The number of hydrogen-bond donors (Lipinski definition) is 0. The number of rotatable bonds is 4. The Balaban J connectivity index is -0.000000180. The van der Waals surface area contributed by atoms with E-state index in [-0.39, 0.29) is 12.1 Å². The highest BCUT2D eigenvalue weighted by Gasteiger charge is 1.70. The molecular weight excluding hydrogens is 119 g/mol. The Morgan fingerprint density at radius 2 is 1.44 bits per heavy atom. The molecule has 0 atom stereocenters. The minimum absolute atomic E-state index is 0. The Hall–Kier alpha value is -0.630. The Kier molecular flexibility index (Phi) is 27.4. The third-order valence-corrected chi connectivity index (χ3v) is 0.471. The van der Waals surface area contributed by atoms with Crippen molar-refractivity contribution in [3.63, 3.8) is 0 Å². The van der Waals surface area contributed by atoms with E-state index in [4.69, 9.17) is 4.74 Å². The molecule has 0 amide bonds. The summed E-state index contributed by atoms with van der Waals surface area (Å²) in [5.74, 6) is 0. The van der Waals surface area contributed by atoms with Crippen LogP contribution in [0.2, 0.25) is 0 Å². The normalized spacial score (nSPS) is 6.22. The zero-order chi connectivity index (χ0) is 5.54. The van der Waals surface area contributed by atoms with Crippen molar-refractivity contribution in [1.29, 1.82) is 0 Å². The van der Waals surface area contributed by atoms with Crippen LogP contribution in [-0.2, 0) is 4.74 Å². The number of halogens is 1. The first-order valence-electron chi connectivity index (χ1n) is 2.21. The van der Waals surface area contributed by atoms with Gasteiger partial charge >= 0.3 is 0 Å². The summed E-state index contributed by atoms with van der Waals surface area (Å²) < 4.78 is 4.90. The maximum Gasteiger partial charge on any atom is 0.0649 e. The summed E-state index contributed by atoms with van der Waals surface area (Å²) in [5.41, 5.74) is 0. The molecule has 0 aliphatic carbocycles. The molecule has 0 heterocycles. The quantitative estimate of drug-likeness (QED) is 0.423. The topological polar surface area (TPSA) is 9.23 Å². The SMILES string of the molecule is C.C=CCOCC=C.F. The van der Waals surface area contributed by atoms with Crippen LogP contribution >= 0.6 is 0 Å². The summed E-state index contributed by atoms with van der Waals surface area (Å²) in [6.45, 7) is 8.18. The van der Waals surface area contributed by atoms with E-state index in [0.29, 0.717) is 13.2 Å². The van der Waals surface area contributed by atoms with Crippen molar-refractivity contribution in [2.24, 2.45) is 0 Å². The Bertz CT molecular complexity index is 53.9. The van der Waals surface area contributed by atoms with Gasteiger partial charge in [-0.1, -0.05) is 19.6 Å². The third kappa shape index (κ3) is 18.7. The fourth-order valence-corrected chi connectivity index (χ4v) is 0.235. The molecule has 0 spiro atoms. The minimum atomic E-state index is 0. The van der Waals surface area contributed by atoms with E-state index in [2.05, 4.69) is 13.2 Å². The van der Waals surface area contributed by atoms with Gasteiger partial charge < -0.3 is 4.74 Å². The summed E-state index contributed by atoms with van der Waals surface area (Å²) in [6, 6.07) is 0. The van der Waals surface area contributed by atoms with Gasteiger partial charge in [0.05, 0.1) is 13.2 Å². The molecule has 0 N–H and O–H groups in total. The fraction of sp³-hybridized carbons (Fsp3) is 0.429. The van der Waals surface area contributed by atoms with Gasteiger partial charge in [-0.05, 0) is 0 Å². The lowest BCUT2D eigenvalue weighted by atomic mass is 10.6. The Labute approximate surface area is 56.4 Å². The van der Waals surface area contributed by atoms with Gasteiger partial charge in [-0.2, -0.15) is 0 Å². The highest BCUT2D eigenvalue weighted by Crippen LogP contribution is 1.72. The molecule has 0 unspecified atom stereocenters. The number of hydrogen-bond acceptors (Lipinski definition) is 1. The van der Waals surface area contributed by atoms with Gasteiger partial charge in [-0.25, -0.2) is 0 Å². The largest absolute Gasteiger partial charge is 0.373 e. The van der Waals surface area contributed by atoms with Gasteiger partial charge in [0, 0.05) is 0 Å². The van der Waals surface area contributed by atoms with Crippen molar-refractivity contribution < 1.29 is 9.44 Å². The molecule has 56 valence electrons. The van der Waals surface area contributed by atoms with Crippen LogP contribution in [-0.4, -0.2) is 13.2 Å². The molecule has 1 nitrogen and oxygen atoms in total. The molecule has 0 radical (unpaired) electrons. The van der Waals surface area contributed by atoms with Gasteiger partial charge in [0.25, 0.3) is 0 Å². The van der Waals surface area contributed by atoms with E-state index in [1.54, 1.807) is 12.2 Å². The van der Waals surface area contributed by atoms with E-state index < -0.39 is 0 Å². The average molecular weight is 134 g/mol. The van der Waals surface area contributed by atoms with Crippen LogP contribution in [0.3, 0.4) is 0 Å². The van der Waals surface area contributed by atoms with Crippen LogP contribution in [0.25, 0.3) is 0 Å². The summed E-state index contributed by atoms with van der Waals surface area (Å²) in [6.07, 6.45) is 3.42. The van der Waals surface area contributed by atoms with Crippen LogP contribution in [0.15, 0.2) is 25.3 Å². The van der Waals surface area contributed by atoms with Crippen molar-refractivity contribution in [1.82, 2.24) is 0 Å². The molecule has 0 fully saturated rings. The molecule has 2 heteroatoms. The first kappa shape index (κ1) is 15.8. The molecule has 0 aliphatic heterocycles. The van der Waals surface area contributed by atoms with Crippen molar-refractivity contribution in [3.05, 3.63) is 25.3 Å². The van der Waals surface area contributed by atoms with E-state index >= 15 is 0 Å². The third-order valence-electron chi connectivity index (χ3n) is 0.471. The molecule has 0 aromatic carbocycles. The summed E-state index contributed by atoms with van der Waals surface area (Å²) >= 11 is 0. The van der Waals surface area contributed by atoms with Crippen molar-refractivity contribution >= 4 is 0 Å². The molecule has 0 aromatic rings. The summed E-state index contributed by atoms with van der Waals surface area (Å²) in [7, 11) is 0. The molecule has 0 saturated heterocycles. The molecular formula is C7H15FO. The maximum atomic E-state index is 4.90. The lowest BCUT2D eigenvalue weighted by molar-refractivity contribution is 0.194. The lowest BCUT2D eigenvalue weighted by Gasteiger charge is -1.89. The summed E-state index contributed by atoms with van der Waals surface area (Å²) in [4.78, 5) is 0. The van der Waals surface area contributed by atoms with Crippen LogP contribution < -0.4 is 0 Å². The van der Waals surface area contributed by atoms with Crippen LogP contribution in [0.5, 0.6) is 0 Å². The average Bonchev–Trinajstić information content (AvgIpc) is 1.69. The second-order valence-electron chi connectivity index (χ2n) is 1.11. The Morgan fingerprint density at radius 1 is 1.11 bits per heavy atom. The first-order chi connectivity index (χ1) is 3.41. The van der Waals surface area contributed by atoms with Crippen LogP contribution in [0.4, 0.5) is 4.70 Å². The lowest BCUT2D eigenvalue weighted by Crippen LogP contribution is -1.87. The minimum Gasteiger partial charge on any atom is -0.373 e. The van der Waals surface area contributed by atoms with Gasteiger partial charge in [0.1, 0.15) is 0 Å². The predicted molar refractivity (Wildman–Crippen MR) is 40.4 cm³/mol. The van der Waals surface area contributed by atoms with E-state index in [9.17, 15) is 0 Å². The molecule has 0 bridgehead atoms. The predicted octanol–water partition coefficient (Wildman–Crippen LogP) is 2.16. The van der Waals surface area contributed by atoms with E-state index in [1.807, 2.05) is 0 Å². The van der Waals surface area contributed by atoms with Crippen molar-refractivity contribution in [2.45, 2.75) is 7.43 Å². The van der Waals surface area contributed by atoms with E-state index in [0.717, 1.165) is 0 Å². The van der Waals surface area contributed by atoms with Gasteiger partial charge in [0.2, 0.25) is 0 Å². The second-order valence-corrected chi connectivity index (χ2v) is 1.11. The van der Waals surface area contributed by atoms with Crippen molar-refractivity contribution in [2.75, 3.05) is 13.2 Å². The number of ether oxygens (including phenoxy) is 1. The Morgan fingerprint density at radius 3 is 1.67 bits per heavy atom. The van der Waals surface area contributed by atoms with Gasteiger partial charge in [-0.15, -0.1) is 13.2 Å². The van der Waals surface area contributed by atoms with Gasteiger partial charge in [-0.3, -0.25) is 4.70 Å². The van der Waals surface area contributed by atoms with Crippen LogP contribution in [0, 0.1) is 0 Å². The molecule has 0 aromatic heterocycles. The van der Waals surface area contributed by atoms with E-state index in [1.165, 1.54) is 0 Å². The van der Waals surface area contributed by atoms with Crippen molar-refractivity contribution in [3.8, 4) is 0 Å². The highest BCUT2D eigenvalue weighted by molar-refractivity contribution is 4.68. The maximum absolute atomic E-state index is 4.90. The summed E-state index contributed by atoms with van der Waals surface area (Å²) in [5, 5.41) is 0. The highest BCUT2D eigenvalue weighted by atomic mass is 19.0. The fourth-order valence-electron chi connectivity index (χ4n) is 0.235. The molecule has 9 heavy (non-hydrogen) atoms. The van der Waals surface area contributed by atoms with Gasteiger partial charge in [0.15, 0.2) is 0 Å². The standard InChI is InChI=1S/C6H10O.CH4.FH/c1-3-5-7-6-4-2;;/h3-4H,1-2,5-6H2;1H4;1H.